The van der Waals surface area contributed by atoms with Gasteiger partial charge >= 0.3 is 0 Å². The Bertz CT molecular complexity index is 828. The molecule has 3 nitrogen and oxygen atoms in total. The summed E-state index contributed by atoms with van der Waals surface area (Å²) < 4.78 is 10.3. The summed E-state index contributed by atoms with van der Waals surface area (Å²) in [6.07, 6.45) is 0. The second-order valence-corrected chi connectivity index (χ2v) is 6.17. The van der Waals surface area contributed by atoms with Gasteiger partial charge in [-0.05, 0) is 19.1 Å². The molecule has 2 aromatic carbocycles. The molecule has 0 N–H and O–H groups in total. The van der Waals surface area contributed by atoms with Crippen LogP contribution in [-0.4, -0.2) is 11.2 Å². The minimum atomic E-state index is 0.574. The average molecular weight is 350 g/mol. The first-order chi connectivity index (χ1) is 11.1. The van der Waals surface area contributed by atoms with E-state index in [1.54, 1.807) is 0 Å². The van der Waals surface area contributed by atoms with Gasteiger partial charge in [-0.1, -0.05) is 41.4 Å². The molecule has 1 aromatic heterocycles. The highest BCUT2D eigenvalue weighted by Gasteiger charge is 2.22. The van der Waals surface area contributed by atoms with E-state index < -0.39 is 0 Å². The molecule has 0 atom stereocenters. The summed E-state index contributed by atoms with van der Waals surface area (Å²) in [6, 6.07) is 13.7. The molecule has 0 aliphatic heterocycles. The number of imidazole rings is 1. The number of benzene rings is 2. The maximum absolute atomic E-state index is 6.21. The number of hydrogen-bond acceptors (Lipinski definition) is 1. The van der Waals surface area contributed by atoms with Crippen LogP contribution < -0.4 is 9.30 Å². The molecule has 5 heteroatoms. The molecule has 3 aromatic rings. The molecule has 0 aliphatic carbocycles. The molecule has 0 spiro atoms. The first kappa shape index (κ1) is 16.2. The summed E-state index contributed by atoms with van der Waals surface area (Å²) in [5.74, 6) is 2.04. The fraction of sp³-hybridized carbons (Fsp3) is 0.278. The first-order valence-electron chi connectivity index (χ1n) is 7.67. The zero-order chi connectivity index (χ0) is 16.4. The number of ether oxygens (including phenoxy) is 1. The number of halogens is 2. The fourth-order valence-electron chi connectivity index (χ4n) is 2.91. The van der Waals surface area contributed by atoms with Crippen LogP contribution in [-0.2, 0) is 13.1 Å². The van der Waals surface area contributed by atoms with Crippen LogP contribution in [0.1, 0.15) is 12.7 Å². The molecule has 0 fully saturated rings. The molecule has 0 bridgehead atoms. The van der Waals surface area contributed by atoms with Crippen molar-refractivity contribution in [2.24, 2.45) is 0 Å². The van der Waals surface area contributed by atoms with Crippen LogP contribution >= 0.6 is 23.2 Å². The van der Waals surface area contributed by atoms with Crippen molar-refractivity contribution in [1.82, 2.24) is 4.57 Å². The Morgan fingerprint density at radius 1 is 1.09 bits per heavy atom. The minimum absolute atomic E-state index is 0.574. The van der Waals surface area contributed by atoms with Crippen molar-refractivity contribution in [3.05, 3.63) is 58.3 Å². The second kappa shape index (κ2) is 6.81. The molecule has 0 radical (unpaired) electrons. The van der Waals surface area contributed by atoms with Gasteiger partial charge in [-0.3, -0.25) is 0 Å². The van der Waals surface area contributed by atoms with Gasteiger partial charge in [0.15, 0.2) is 11.0 Å². The number of fused-ring (bicyclic) bond motifs is 1. The maximum atomic E-state index is 6.21. The summed E-state index contributed by atoms with van der Waals surface area (Å²) in [5.41, 5.74) is 2.18. The molecule has 23 heavy (non-hydrogen) atoms. The van der Waals surface area contributed by atoms with Crippen molar-refractivity contribution < 1.29 is 9.30 Å². The predicted molar refractivity (Wildman–Crippen MR) is 94.5 cm³/mol. The van der Waals surface area contributed by atoms with Crippen LogP contribution in [0.3, 0.4) is 0 Å². The van der Waals surface area contributed by atoms with E-state index in [9.17, 15) is 0 Å². The van der Waals surface area contributed by atoms with E-state index in [1.165, 1.54) is 0 Å². The topological polar surface area (TPSA) is 18.0 Å². The van der Waals surface area contributed by atoms with Crippen LogP contribution in [0.25, 0.3) is 11.0 Å². The van der Waals surface area contributed by atoms with E-state index >= 15 is 0 Å². The third-order valence-electron chi connectivity index (χ3n) is 4.02. The smallest absolute Gasteiger partial charge is 0.254 e. The van der Waals surface area contributed by atoms with Gasteiger partial charge in [0, 0.05) is 19.1 Å². The number of hydrogen-bond donors (Lipinski definition) is 0. The fourth-order valence-corrected chi connectivity index (χ4v) is 3.22. The molecule has 0 unspecified atom stereocenters. The van der Waals surface area contributed by atoms with Crippen LogP contribution in [0.2, 0.25) is 10.0 Å². The van der Waals surface area contributed by atoms with Crippen molar-refractivity contribution >= 4 is 34.2 Å². The summed E-state index contributed by atoms with van der Waals surface area (Å²) >= 11 is 12.4. The van der Waals surface area contributed by atoms with E-state index in [0.717, 1.165) is 35.7 Å². The third kappa shape index (κ3) is 3.17. The average Bonchev–Trinajstić information content (AvgIpc) is 2.80. The van der Waals surface area contributed by atoms with E-state index in [-0.39, 0.29) is 0 Å². The Kier molecular flexibility index (Phi) is 4.79. The van der Waals surface area contributed by atoms with Crippen molar-refractivity contribution in [2.45, 2.75) is 26.9 Å². The van der Waals surface area contributed by atoms with Gasteiger partial charge in [-0.2, -0.15) is 0 Å². The lowest BCUT2D eigenvalue weighted by atomic mass is 10.3. The SMILES string of the molecule is CCn1c(C)[n+](CCOc2ccccc2)c2cc(Cl)c(Cl)cc21. The largest absolute Gasteiger partial charge is 0.489 e. The van der Waals surface area contributed by atoms with E-state index in [0.29, 0.717) is 16.7 Å². The number of para-hydroxylation sites is 1. The van der Waals surface area contributed by atoms with Crippen LogP contribution in [0, 0.1) is 6.92 Å². The lowest BCUT2D eigenvalue weighted by Crippen LogP contribution is -2.39. The Morgan fingerprint density at radius 3 is 2.48 bits per heavy atom. The highest BCUT2D eigenvalue weighted by molar-refractivity contribution is 6.42. The molecule has 0 amide bonds. The van der Waals surface area contributed by atoms with Gasteiger partial charge in [0.05, 0.1) is 16.6 Å². The lowest BCUT2D eigenvalue weighted by Gasteiger charge is -2.05. The normalized spacial score (nSPS) is 11.1. The molecular weight excluding hydrogens is 331 g/mol. The van der Waals surface area contributed by atoms with Crippen molar-refractivity contribution in [3.63, 3.8) is 0 Å². The molecular formula is C18H19Cl2N2O+. The van der Waals surface area contributed by atoms with E-state index in [4.69, 9.17) is 27.9 Å². The standard InChI is InChI=1S/C18H19Cl2N2O/c1-3-21-13(2)22(9-10-23-14-7-5-4-6-8-14)18-12-16(20)15(19)11-17(18)21/h4-8,11-12H,3,9-10H2,1-2H3/q+1. The Hall–Kier alpha value is -1.71. The molecule has 120 valence electrons. The van der Waals surface area contributed by atoms with E-state index in [2.05, 4.69) is 23.0 Å². The minimum Gasteiger partial charge on any atom is -0.489 e. The molecule has 0 saturated carbocycles. The van der Waals surface area contributed by atoms with Gasteiger partial charge in [0.2, 0.25) is 0 Å². The van der Waals surface area contributed by atoms with Gasteiger partial charge in [0.25, 0.3) is 5.82 Å². The Labute approximate surface area is 146 Å². The second-order valence-electron chi connectivity index (χ2n) is 5.36. The quantitative estimate of drug-likeness (QED) is 0.613. The van der Waals surface area contributed by atoms with Crippen molar-refractivity contribution in [2.75, 3.05) is 6.61 Å². The highest BCUT2D eigenvalue weighted by Crippen LogP contribution is 2.27. The first-order valence-corrected chi connectivity index (χ1v) is 8.43. The third-order valence-corrected chi connectivity index (χ3v) is 4.75. The zero-order valence-electron chi connectivity index (χ0n) is 13.2. The van der Waals surface area contributed by atoms with Gasteiger partial charge in [-0.15, -0.1) is 0 Å². The number of rotatable bonds is 5. The van der Waals surface area contributed by atoms with Crippen molar-refractivity contribution in [1.29, 1.82) is 0 Å². The maximum Gasteiger partial charge on any atom is 0.254 e. The molecule has 0 aliphatic rings. The monoisotopic (exact) mass is 349 g/mol. The summed E-state index contributed by atoms with van der Waals surface area (Å²) in [5, 5.41) is 1.16. The number of aromatic nitrogens is 2. The summed E-state index contributed by atoms with van der Waals surface area (Å²) in [4.78, 5) is 0. The van der Waals surface area contributed by atoms with E-state index in [1.807, 2.05) is 42.5 Å². The van der Waals surface area contributed by atoms with Crippen LogP contribution in [0.5, 0.6) is 5.75 Å². The van der Waals surface area contributed by atoms with Crippen LogP contribution in [0.4, 0.5) is 0 Å². The number of nitrogens with zero attached hydrogens (tertiary/aromatic N) is 2. The predicted octanol–water partition coefficient (Wildman–Crippen LogP) is 4.64. The van der Waals surface area contributed by atoms with Gasteiger partial charge in [-0.25, -0.2) is 9.13 Å². The molecule has 3 rings (SSSR count). The van der Waals surface area contributed by atoms with Gasteiger partial charge < -0.3 is 4.74 Å². The summed E-state index contributed by atoms with van der Waals surface area (Å²) in [6.45, 7) is 6.46. The zero-order valence-corrected chi connectivity index (χ0v) is 14.7. The summed E-state index contributed by atoms with van der Waals surface area (Å²) in [7, 11) is 0. The lowest BCUT2D eigenvalue weighted by molar-refractivity contribution is -0.679. The van der Waals surface area contributed by atoms with Crippen LogP contribution in [0.15, 0.2) is 42.5 Å². The van der Waals surface area contributed by atoms with Gasteiger partial charge in [0.1, 0.15) is 18.9 Å². The number of aryl methyl sites for hydroxylation is 1. The molecule has 0 saturated heterocycles. The Morgan fingerprint density at radius 2 is 1.78 bits per heavy atom. The van der Waals surface area contributed by atoms with Crippen molar-refractivity contribution in [3.8, 4) is 5.75 Å². The Balaban J connectivity index is 1.90. The molecule has 1 heterocycles. The highest BCUT2D eigenvalue weighted by atomic mass is 35.5.